The van der Waals surface area contributed by atoms with Gasteiger partial charge in [-0.2, -0.15) is 0 Å². The SMILES string of the molecule is CC(C)(CNC(=O)c1ccc2c(c1CCC(=O)O)CCC(NS(=O)(=O)c1ccc(Cl)cc1)C2)SN=O. The molecule has 0 fully saturated rings. The van der Waals surface area contributed by atoms with Crippen molar-refractivity contribution in [2.45, 2.75) is 61.6 Å². The van der Waals surface area contributed by atoms with Crippen LogP contribution < -0.4 is 10.0 Å². The number of nitroso groups, excluding NO2 is 1. The van der Waals surface area contributed by atoms with Crippen LogP contribution in [-0.4, -0.2) is 42.7 Å². The Morgan fingerprint density at radius 1 is 1.19 bits per heavy atom. The molecule has 9 nitrogen and oxygen atoms in total. The number of benzene rings is 2. The third-order valence-electron chi connectivity index (χ3n) is 5.98. The monoisotopic (exact) mass is 553 g/mol. The molecular formula is C24H28ClN3O6S2. The number of aliphatic carboxylic acids is 1. The third-order valence-corrected chi connectivity index (χ3v) is 8.48. The van der Waals surface area contributed by atoms with Crippen LogP contribution in [0.3, 0.4) is 0 Å². The number of nitrogens with zero attached hydrogens (tertiary/aromatic N) is 1. The molecule has 1 amide bonds. The van der Waals surface area contributed by atoms with Crippen LogP contribution in [0.25, 0.3) is 0 Å². The second kappa shape index (κ2) is 11.7. The Labute approximate surface area is 219 Å². The fourth-order valence-electron chi connectivity index (χ4n) is 4.18. The van der Waals surface area contributed by atoms with Gasteiger partial charge >= 0.3 is 5.97 Å². The summed E-state index contributed by atoms with van der Waals surface area (Å²) in [7, 11) is -3.74. The lowest BCUT2D eigenvalue weighted by atomic mass is 9.82. The molecule has 36 heavy (non-hydrogen) atoms. The highest BCUT2D eigenvalue weighted by Crippen LogP contribution is 2.30. The van der Waals surface area contributed by atoms with Crippen molar-refractivity contribution >= 4 is 45.4 Å². The van der Waals surface area contributed by atoms with Gasteiger partial charge in [0.15, 0.2) is 0 Å². The highest BCUT2D eigenvalue weighted by Gasteiger charge is 2.28. The lowest BCUT2D eigenvalue weighted by molar-refractivity contribution is -0.136. The number of fused-ring (bicyclic) bond motifs is 1. The van der Waals surface area contributed by atoms with Crippen molar-refractivity contribution in [3.8, 4) is 0 Å². The average molecular weight is 554 g/mol. The quantitative estimate of drug-likeness (QED) is 0.280. The molecule has 2 aromatic carbocycles. The van der Waals surface area contributed by atoms with Crippen LogP contribution in [0.5, 0.6) is 0 Å². The van der Waals surface area contributed by atoms with Gasteiger partial charge in [-0.05, 0) is 86.6 Å². The van der Waals surface area contributed by atoms with E-state index >= 15 is 0 Å². The summed E-state index contributed by atoms with van der Waals surface area (Å²) in [4.78, 5) is 35.0. The summed E-state index contributed by atoms with van der Waals surface area (Å²) in [6.07, 6.45) is 1.45. The van der Waals surface area contributed by atoms with E-state index in [4.69, 9.17) is 11.6 Å². The number of hydrogen-bond donors (Lipinski definition) is 3. The standard InChI is InChI=1S/C24H28ClN3O6S2/c1-24(2,35-28-32)14-26-23(31)21-9-3-15-13-17(6-10-19(15)20(21)11-12-22(29)30)27-36(33,34)18-7-4-16(25)5-8-18/h3-5,7-9,17,27H,6,10-14H2,1-2H3,(H,26,31)(H,29,30). The van der Waals surface area contributed by atoms with Gasteiger partial charge in [0, 0.05) is 46.1 Å². The maximum atomic E-state index is 13.0. The van der Waals surface area contributed by atoms with Crippen molar-refractivity contribution < 1.29 is 23.1 Å². The van der Waals surface area contributed by atoms with Crippen LogP contribution in [0.2, 0.25) is 5.02 Å². The first-order valence-electron chi connectivity index (χ1n) is 11.3. The van der Waals surface area contributed by atoms with Crippen LogP contribution in [0.4, 0.5) is 0 Å². The molecule has 3 N–H and O–H groups in total. The summed E-state index contributed by atoms with van der Waals surface area (Å²) < 4.78 is 30.6. The predicted octanol–water partition coefficient (Wildman–Crippen LogP) is 4.12. The van der Waals surface area contributed by atoms with Gasteiger partial charge in [0.2, 0.25) is 10.0 Å². The zero-order valence-corrected chi connectivity index (χ0v) is 22.3. The fraction of sp³-hybridized carbons (Fsp3) is 0.417. The normalized spacial score (nSPS) is 15.7. The van der Waals surface area contributed by atoms with Crippen LogP contribution in [0, 0.1) is 4.91 Å². The van der Waals surface area contributed by atoms with E-state index in [9.17, 15) is 28.0 Å². The van der Waals surface area contributed by atoms with E-state index in [0.29, 0.717) is 35.4 Å². The lowest BCUT2D eigenvalue weighted by Crippen LogP contribution is -2.39. The first-order chi connectivity index (χ1) is 16.9. The van der Waals surface area contributed by atoms with E-state index in [0.717, 1.165) is 23.1 Å². The number of sulfonamides is 1. The molecule has 1 aliphatic rings. The van der Waals surface area contributed by atoms with Crippen LogP contribution in [0.1, 0.15) is 53.7 Å². The minimum atomic E-state index is -3.74. The Balaban J connectivity index is 1.82. The Morgan fingerprint density at radius 3 is 2.53 bits per heavy atom. The summed E-state index contributed by atoms with van der Waals surface area (Å²) in [6.45, 7) is 3.76. The molecule has 1 atom stereocenters. The number of carboxylic acid groups (broad SMARTS) is 1. The molecule has 0 saturated heterocycles. The highest BCUT2D eigenvalue weighted by molar-refractivity contribution is 7.99. The van der Waals surface area contributed by atoms with E-state index in [-0.39, 0.29) is 36.2 Å². The molecule has 0 heterocycles. The molecule has 1 aliphatic carbocycles. The van der Waals surface area contributed by atoms with Gasteiger partial charge in [0.25, 0.3) is 5.91 Å². The first-order valence-corrected chi connectivity index (χ1v) is 14.0. The number of rotatable bonds is 11. The van der Waals surface area contributed by atoms with E-state index in [1.807, 2.05) is 0 Å². The fourth-order valence-corrected chi connectivity index (χ4v) is 5.92. The Bertz CT molecular complexity index is 1250. The lowest BCUT2D eigenvalue weighted by Gasteiger charge is -2.28. The average Bonchev–Trinajstić information content (AvgIpc) is 2.80. The number of amides is 1. The molecule has 3 rings (SSSR count). The minimum absolute atomic E-state index is 0.123. The van der Waals surface area contributed by atoms with Crippen molar-refractivity contribution in [1.82, 2.24) is 10.0 Å². The molecule has 0 radical (unpaired) electrons. The maximum Gasteiger partial charge on any atom is 0.303 e. The van der Waals surface area contributed by atoms with E-state index in [2.05, 4.69) is 14.6 Å². The summed E-state index contributed by atoms with van der Waals surface area (Å²) in [5, 5.41) is 12.5. The van der Waals surface area contributed by atoms with Gasteiger partial charge in [-0.3, -0.25) is 9.59 Å². The number of carbonyl (C=O) groups excluding carboxylic acids is 1. The molecule has 0 bridgehead atoms. The van der Waals surface area contributed by atoms with Crippen molar-refractivity contribution in [2.24, 2.45) is 4.58 Å². The molecule has 0 aliphatic heterocycles. The molecule has 0 aromatic heterocycles. The second-order valence-corrected chi connectivity index (χ2v) is 12.8. The number of hydrogen-bond acceptors (Lipinski definition) is 7. The highest BCUT2D eigenvalue weighted by atomic mass is 35.5. The molecule has 194 valence electrons. The van der Waals surface area contributed by atoms with Crippen LogP contribution in [-0.2, 0) is 34.1 Å². The molecule has 0 spiro atoms. The number of nitrogens with one attached hydrogen (secondary N) is 2. The van der Waals surface area contributed by atoms with Gasteiger partial charge in [0.1, 0.15) is 0 Å². The van der Waals surface area contributed by atoms with E-state index < -0.39 is 20.7 Å². The minimum Gasteiger partial charge on any atom is -0.481 e. The molecule has 12 heteroatoms. The number of carboxylic acids is 1. The second-order valence-electron chi connectivity index (χ2n) is 9.25. The summed E-state index contributed by atoms with van der Waals surface area (Å²) in [5.74, 6) is -1.33. The van der Waals surface area contributed by atoms with Crippen LogP contribution in [0.15, 0.2) is 45.9 Å². The molecule has 2 aromatic rings. The Kier molecular flexibility index (Phi) is 9.15. The Hall–Kier alpha value is -2.47. The molecule has 0 saturated carbocycles. The third kappa shape index (κ3) is 7.28. The van der Waals surface area contributed by atoms with Gasteiger partial charge in [-0.15, -0.1) is 4.91 Å². The van der Waals surface area contributed by atoms with E-state index in [1.165, 1.54) is 24.3 Å². The van der Waals surface area contributed by atoms with Gasteiger partial charge in [-0.25, -0.2) is 13.1 Å². The Morgan fingerprint density at radius 2 is 1.89 bits per heavy atom. The van der Waals surface area contributed by atoms with Crippen molar-refractivity contribution in [2.75, 3.05) is 6.54 Å². The van der Waals surface area contributed by atoms with Crippen molar-refractivity contribution in [3.63, 3.8) is 0 Å². The zero-order valence-electron chi connectivity index (χ0n) is 19.9. The van der Waals surface area contributed by atoms with Crippen molar-refractivity contribution in [1.29, 1.82) is 0 Å². The summed E-state index contributed by atoms with van der Waals surface area (Å²) >= 11 is 6.69. The van der Waals surface area contributed by atoms with Gasteiger partial charge < -0.3 is 10.4 Å². The first kappa shape index (κ1) is 28.1. The summed E-state index contributed by atoms with van der Waals surface area (Å²) in [6, 6.07) is 9.02. The van der Waals surface area contributed by atoms with E-state index in [1.54, 1.807) is 26.0 Å². The number of carbonyl (C=O) groups is 2. The maximum absolute atomic E-state index is 13.0. The largest absolute Gasteiger partial charge is 0.481 e. The predicted molar refractivity (Wildman–Crippen MR) is 140 cm³/mol. The smallest absolute Gasteiger partial charge is 0.303 e. The number of halogens is 1. The van der Waals surface area contributed by atoms with Gasteiger partial charge in [-0.1, -0.05) is 17.7 Å². The molecule has 1 unspecified atom stereocenters. The summed E-state index contributed by atoms with van der Waals surface area (Å²) in [5.41, 5.74) is 2.80. The van der Waals surface area contributed by atoms with Crippen LogP contribution >= 0.6 is 23.5 Å². The van der Waals surface area contributed by atoms with Crippen molar-refractivity contribution in [3.05, 3.63) is 68.6 Å². The zero-order chi connectivity index (χ0) is 26.5. The topological polar surface area (TPSA) is 142 Å². The molecular weight excluding hydrogens is 526 g/mol. The van der Waals surface area contributed by atoms with Gasteiger partial charge in [0.05, 0.1) is 9.64 Å².